The minimum absolute atomic E-state index is 0.115. The van der Waals surface area contributed by atoms with Crippen molar-refractivity contribution < 1.29 is 4.39 Å². The van der Waals surface area contributed by atoms with Crippen LogP contribution in [0.3, 0.4) is 0 Å². The first-order valence-electron chi connectivity index (χ1n) is 6.48. The van der Waals surface area contributed by atoms with Crippen molar-refractivity contribution in [2.45, 2.75) is 25.3 Å². The van der Waals surface area contributed by atoms with Gasteiger partial charge in [0.05, 0.1) is 5.02 Å². The monoisotopic (exact) mass is 293 g/mol. The van der Waals surface area contributed by atoms with Crippen LogP contribution in [-0.2, 0) is 12.8 Å². The minimum atomic E-state index is -0.399. The lowest BCUT2D eigenvalue weighted by atomic mass is 10.00. The maximum atomic E-state index is 13.1. The number of aromatic nitrogens is 1. The van der Waals surface area contributed by atoms with Crippen molar-refractivity contribution in [3.8, 4) is 0 Å². The molecule has 3 nitrogen and oxygen atoms in total. The molecule has 2 aromatic rings. The Balaban J connectivity index is 1.93. The summed E-state index contributed by atoms with van der Waals surface area (Å²) in [6.07, 6.45) is 6.06. The lowest BCUT2D eigenvalue weighted by molar-refractivity contribution is 0.491. The van der Waals surface area contributed by atoms with Crippen LogP contribution in [0.5, 0.6) is 0 Å². The van der Waals surface area contributed by atoms with E-state index in [0.29, 0.717) is 6.42 Å². The van der Waals surface area contributed by atoms with E-state index in [2.05, 4.69) is 10.4 Å². The van der Waals surface area contributed by atoms with Crippen LogP contribution >= 0.6 is 11.6 Å². The van der Waals surface area contributed by atoms with Crippen LogP contribution in [0.4, 0.5) is 4.39 Å². The number of hydrogen-bond donors (Lipinski definition) is 2. The lowest BCUT2D eigenvalue weighted by Crippen LogP contribution is -2.37. The molecule has 0 spiro atoms. The molecular weight excluding hydrogens is 277 g/mol. The van der Waals surface area contributed by atoms with Gasteiger partial charge in [-0.1, -0.05) is 17.7 Å². The van der Waals surface area contributed by atoms with Gasteiger partial charge in [0, 0.05) is 18.4 Å². The van der Waals surface area contributed by atoms with Crippen molar-refractivity contribution in [3.63, 3.8) is 0 Å². The van der Waals surface area contributed by atoms with Crippen LogP contribution < -0.4 is 11.3 Å². The molecule has 0 aliphatic heterocycles. The highest BCUT2D eigenvalue weighted by atomic mass is 35.5. The van der Waals surface area contributed by atoms with Crippen LogP contribution in [0.25, 0.3) is 0 Å². The summed E-state index contributed by atoms with van der Waals surface area (Å²) >= 11 is 5.78. The van der Waals surface area contributed by atoms with E-state index in [1.165, 1.54) is 11.6 Å². The SMILES string of the molecule is NNC(CCc1ccncc1)Cc1ccc(F)c(Cl)c1. The molecule has 1 atom stereocenters. The van der Waals surface area contributed by atoms with Gasteiger partial charge >= 0.3 is 0 Å². The fourth-order valence-corrected chi connectivity index (χ4v) is 2.29. The third-order valence-corrected chi connectivity index (χ3v) is 3.52. The number of nitrogens with zero attached hydrogens (tertiary/aromatic N) is 1. The van der Waals surface area contributed by atoms with Gasteiger partial charge in [-0.2, -0.15) is 0 Å². The molecule has 0 aliphatic rings. The molecule has 106 valence electrons. The van der Waals surface area contributed by atoms with Crippen molar-refractivity contribution >= 4 is 11.6 Å². The molecule has 1 unspecified atom stereocenters. The summed E-state index contributed by atoms with van der Waals surface area (Å²) in [5.74, 6) is 5.18. The minimum Gasteiger partial charge on any atom is -0.271 e. The highest BCUT2D eigenvalue weighted by Gasteiger charge is 2.09. The third-order valence-electron chi connectivity index (χ3n) is 3.23. The molecule has 3 N–H and O–H groups in total. The summed E-state index contributed by atoms with van der Waals surface area (Å²) in [6.45, 7) is 0. The first-order chi connectivity index (χ1) is 9.69. The molecule has 0 fully saturated rings. The molecule has 1 heterocycles. The number of rotatable bonds is 6. The second-order valence-electron chi connectivity index (χ2n) is 4.71. The Labute approximate surface area is 122 Å². The van der Waals surface area contributed by atoms with E-state index >= 15 is 0 Å². The Morgan fingerprint density at radius 2 is 1.95 bits per heavy atom. The number of nitrogens with one attached hydrogen (secondary N) is 1. The summed E-state index contributed by atoms with van der Waals surface area (Å²) in [7, 11) is 0. The summed E-state index contributed by atoms with van der Waals surface area (Å²) in [4.78, 5) is 3.99. The largest absolute Gasteiger partial charge is 0.271 e. The van der Waals surface area contributed by atoms with Crippen molar-refractivity contribution in [1.29, 1.82) is 0 Å². The Morgan fingerprint density at radius 1 is 1.20 bits per heavy atom. The zero-order chi connectivity index (χ0) is 14.4. The first kappa shape index (κ1) is 14.9. The predicted molar refractivity (Wildman–Crippen MR) is 78.8 cm³/mol. The van der Waals surface area contributed by atoms with E-state index in [-0.39, 0.29) is 11.1 Å². The second-order valence-corrected chi connectivity index (χ2v) is 5.12. The number of aryl methyl sites for hydroxylation is 1. The van der Waals surface area contributed by atoms with Gasteiger partial charge < -0.3 is 0 Å². The van der Waals surface area contributed by atoms with Gasteiger partial charge in [0.25, 0.3) is 0 Å². The maximum absolute atomic E-state index is 13.1. The van der Waals surface area contributed by atoms with E-state index in [1.54, 1.807) is 24.5 Å². The van der Waals surface area contributed by atoms with Gasteiger partial charge in [-0.3, -0.25) is 16.3 Å². The summed E-state index contributed by atoms with van der Waals surface area (Å²) in [5, 5.41) is 0.146. The second kappa shape index (κ2) is 7.33. The van der Waals surface area contributed by atoms with Crippen LogP contribution in [0, 0.1) is 5.82 Å². The topological polar surface area (TPSA) is 50.9 Å². The number of hydrogen-bond acceptors (Lipinski definition) is 3. The molecule has 5 heteroatoms. The van der Waals surface area contributed by atoms with Crippen LogP contribution in [0.2, 0.25) is 5.02 Å². The predicted octanol–water partition coefficient (Wildman–Crippen LogP) is 2.88. The Bertz CT molecular complexity index is 548. The zero-order valence-electron chi connectivity index (χ0n) is 11.0. The fraction of sp³-hybridized carbons (Fsp3) is 0.267. The van der Waals surface area contributed by atoms with E-state index in [4.69, 9.17) is 17.4 Å². The smallest absolute Gasteiger partial charge is 0.141 e. The van der Waals surface area contributed by atoms with Crippen molar-refractivity contribution in [3.05, 3.63) is 64.7 Å². The molecular formula is C15H17ClFN3. The van der Waals surface area contributed by atoms with E-state index in [9.17, 15) is 4.39 Å². The van der Waals surface area contributed by atoms with E-state index < -0.39 is 5.82 Å². The maximum Gasteiger partial charge on any atom is 0.141 e. The van der Waals surface area contributed by atoms with Gasteiger partial charge in [-0.05, 0) is 54.7 Å². The van der Waals surface area contributed by atoms with E-state index in [0.717, 1.165) is 18.4 Å². The standard InChI is InChI=1S/C15H17ClFN3/c16-14-10-12(2-4-15(14)17)9-13(20-18)3-1-11-5-7-19-8-6-11/h2,4-8,10,13,20H,1,3,9,18H2. The number of halogens is 2. The Morgan fingerprint density at radius 3 is 2.60 bits per heavy atom. The number of benzene rings is 1. The van der Waals surface area contributed by atoms with E-state index in [1.807, 2.05) is 12.1 Å². The molecule has 0 amide bonds. The highest BCUT2D eigenvalue weighted by molar-refractivity contribution is 6.30. The van der Waals surface area contributed by atoms with Crippen molar-refractivity contribution in [2.24, 2.45) is 5.84 Å². The first-order valence-corrected chi connectivity index (χ1v) is 6.86. The molecule has 2 rings (SSSR count). The van der Waals surface area contributed by atoms with Crippen LogP contribution in [0.1, 0.15) is 17.5 Å². The normalized spacial score (nSPS) is 12.3. The lowest BCUT2D eigenvalue weighted by Gasteiger charge is -2.16. The summed E-state index contributed by atoms with van der Waals surface area (Å²) in [5.41, 5.74) is 4.99. The average Bonchev–Trinajstić information content (AvgIpc) is 2.48. The Kier molecular flexibility index (Phi) is 5.47. The quantitative estimate of drug-likeness (QED) is 0.636. The molecule has 1 aromatic carbocycles. The van der Waals surface area contributed by atoms with Crippen LogP contribution in [0.15, 0.2) is 42.7 Å². The fourth-order valence-electron chi connectivity index (χ4n) is 2.09. The Hall–Kier alpha value is -1.49. The van der Waals surface area contributed by atoms with Crippen LogP contribution in [-0.4, -0.2) is 11.0 Å². The average molecular weight is 294 g/mol. The molecule has 0 radical (unpaired) electrons. The molecule has 20 heavy (non-hydrogen) atoms. The molecule has 0 saturated heterocycles. The van der Waals surface area contributed by atoms with Crippen molar-refractivity contribution in [2.75, 3.05) is 0 Å². The number of pyridine rings is 1. The van der Waals surface area contributed by atoms with Crippen molar-refractivity contribution in [1.82, 2.24) is 10.4 Å². The number of nitrogens with two attached hydrogens (primary N) is 1. The molecule has 1 aromatic heterocycles. The zero-order valence-corrected chi connectivity index (χ0v) is 11.8. The third kappa shape index (κ3) is 4.27. The molecule has 0 saturated carbocycles. The molecule has 0 aliphatic carbocycles. The summed E-state index contributed by atoms with van der Waals surface area (Å²) < 4.78 is 13.1. The highest BCUT2D eigenvalue weighted by Crippen LogP contribution is 2.18. The van der Waals surface area contributed by atoms with Gasteiger partial charge in [0.15, 0.2) is 0 Å². The number of hydrazine groups is 1. The van der Waals surface area contributed by atoms with Gasteiger partial charge in [-0.25, -0.2) is 4.39 Å². The summed E-state index contributed by atoms with van der Waals surface area (Å²) in [6, 6.07) is 8.86. The van der Waals surface area contributed by atoms with Gasteiger partial charge in [0.1, 0.15) is 5.82 Å². The molecule has 0 bridgehead atoms. The van der Waals surface area contributed by atoms with Gasteiger partial charge in [-0.15, -0.1) is 0 Å². The van der Waals surface area contributed by atoms with Gasteiger partial charge in [0.2, 0.25) is 0 Å².